The second kappa shape index (κ2) is 21.9. The Morgan fingerprint density at radius 3 is 1.66 bits per heavy atom. The number of hydrogen-bond donors (Lipinski definition) is 9. The maximum Gasteiger partial charge on any atom is 0.320 e. The van der Waals surface area contributed by atoms with Gasteiger partial charge in [0.25, 0.3) is 0 Å². The van der Waals surface area contributed by atoms with E-state index < -0.39 is 36.0 Å². The maximum absolute atomic E-state index is 10.1. The van der Waals surface area contributed by atoms with Crippen molar-refractivity contribution in [3.8, 4) is 0 Å². The van der Waals surface area contributed by atoms with E-state index in [0.29, 0.717) is 25.3 Å². The number of nitrogens with two attached hydrogens (primary N) is 4. The average molecular weight is 468 g/mol. The fourth-order valence-corrected chi connectivity index (χ4v) is 2.14. The van der Waals surface area contributed by atoms with Gasteiger partial charge in [-0.25, -0.2) is 0 Å². The van der Waals surface area contributed by atoms with Gasteiger partial charge in [-0.15, -0.1) is 0 Å². The third-order valence-electron chi connectivity index (χ3n) is 3.86. The fourth-order valence-electron chi connectivity index (χ4n) is 2.14. The van der Waals surface area contributed by atoms with E-state index in [-0.39, 0.29) is 12.6 Å². The van der Waals surface area contributed by atoms with Crippen LogP contribution in [0.15, 0.2) is 0 Å². The van der Waals surface area contributed by atoms with Crippen molar-refractivity contribution in [1.29, 1.82) is 0 Å². The summed E-state index contributed by atoms with van der Waals surface area (Å²) in [5.74, 6) is -3.18. The summed E-state index contributed by atoms with van der Waals surface area (Å²) in [6.07, 6.45) is 4.50. The third-order valence-corrected chi connectivity index (χ3v) is 3.86. The first-order valence-corrected chi connectivity index (χ1v) is 10.3. The molecule has 0 aromatic carbocycles. The van der Waals surface area contributed by atoms with Crippen molar-refractivity contribution in [3.63, 3.8) is 0 Å². The van der Waals surface area contributed by atoms with Gasteiger partial charge in [0.15, 0.2) is 0 Å². The van der Waals surface area contributed by atoms with Crippen LogP contribution in [0.4, 0.5) is 0 Å². The molecule has 0 aliphatic carbocycles. The van der Waals surface area contributed by atoms with Crippen molar-refractivity contribution in [2.45, 2.75) is 70.5 Å². The van der Waals surface area contributed by atoms with Crippen LogP contribution in [0, 0.1) is 5.92 Å². The molecule has 1 aliphatic heterocycles. The Labute approximate surface area is 188 Å². The average Bonchev–Trinajstić information content (AvgIpc) is 3.24. The number of rotatable bonds is 10. The summed E-state index contributed by atoms with van der Waals surface area (Å²) in [5.41, 5.74) is 20.2. The number of carboxylic acids is 4. The standard InChI is InChI=1S/C6H14N2O2.C6H13NO2.C5H9NO2.C2H5NO2/c7-4-2-1-3-5(8)6(9)10;1-4(2)3-5(7)6(8)9;7-5(8)4-2-1-3-6-4;3-1-2(4)5/h5H,1-4,7-8H2,(H,9,10);4-5H,3,7H2,1-2H3,(H,8,9);4,6H,1-3H2,(H,7,8);1,3H2,(H,4,5)/t2*5-;4-;/m000./s1. The molecule has 0 aromatic heterocycles. The Bertz CT molecular complexity index is 528. The van der Waals surface area contributed by atoms with E-state index in [1.807, 2.05) is 13.8 Å². The lowest BCUT2D eigenvalue weighted by molar-refractivity contribution is -0.139. The molecule has 1 fully saturated rings. The van der Waals surface area contributed by atoms with Crippen LogP contribution in [0.1, 0.15) is 52.4 Å². The molecule has 32 heavy (non-hydrogen) atoms. The molecule has 1 aliphatic rings. The zero-order valence-electron chi connectivity index (χ0n) is 18.9. The Morgan fingerprint density at radius 1 is 0.938 bits per heavy atom. The molecule has 0 spiro atoms. The van der Waals surface area contributed by atoms with Gasteiger partial charge in [0.05, 0.1) is 6.54 Å². The smallest absolute Gasteiger partial charge is 0.320 e. The van der Waals surface area contributed by atoms with Crippen LogP contribution in [0.25, 0.3) is 0 Å². The number of aliphatic carboxylic acids is 4. The summed E-state index contributed by atoms with van der Waals surface area (Å²) < 4.78 is 0. The number of carbonyl (C=O) groups is 4. The van der Waals surface area contributed by atoms with Gasteiger partial charge >= 0.3 is 23.9 Å². The number of unbranched alkanes of at least 4 members (excludes halogenated alkanes) is 1. The molecular formula is C19H41N5O8. The van der Waals surface area contributed by atoms with Gasteiger partial charge in [-0.3, -0.25) is 19.2 Å². The first-order valence-electron chi connectivity index (χ1n) is 10.3. The lowest BCUT2D eigenvalue weighted by Crippen LogP contribution is -2.31. The largest absolute Gasteiger partial charge is 0.480 e. The molecule has 0 radical (unpaired) electrons. The lowest BCUT2D eigenvalue weighted by Gasteiger charge is -2.07. The Balaban J connectivity index is -0.000000359. The van der Waals surface area contributed by atoms with Crippen LogP contribution in [0.2, 0.25) is 0 Å². The monoisotopic (exact) mass is 467 g/mol. The van der Waals surface area contributed by atoms with E-state index in [9.17, 15) is 19.2 Å². The molecule has 0 bridgehead atoms. The Morgan fingerprint density at radius 2 is 1.44 bits per heavy atom. The highest BCUT2D eigenvalue weighted by Crippen LogP contribution is 2.03. The zero-order chi connectivity index (χ0) is 25.7. The topological polar surface area (TPSA) is 265 Å². The molecule has 190 valence electrons. The molecule has 1 rings (SSSR count). The van der Waals surface area contributed by atoms with Gasteiger partial charge in [-0.2, -0.15) is 0 Å². The lowest BCUT2D eigenvalue weighted by atomic mass is 10.1. The van der Waals surface area contributed by atoms with Crippen molar-refractivity contribution in [2.75, 3.05) is 19.6 Å². The summed E-state index contributed by atoms with van der Waals surface area (Å²) in [4.78, 5) is 39.6. The summed E-state index contributed by atoms with van der Waals surface area (Å²) in [6, 6.07) is -1.67. The van der Waals surface area contributed by atoms with Crippen LogP contribution in [0.3, 0.4) is 0 Å². The number of nitrogens with one attached hydrogen (secondary N) is 1. The molecule has 1 saturated heterocycles. The molecule has 0 saturated carbocycles. The van der Waals surface area contributed by atoms with Crippen molar-refractivity contribution < 1.29 is 39.6 Å². The van der Waals surface area contributed by atoms with Gasteiger partial charge in [0.2, 0.25) is 0 Å². The molecule has 0 unspecified atom stereocenters. The van der Waals surface area contributed by atoms with Crippen LogP contribution in [-0.2, 0) is 19.2 Å². The van der Waals surface area contributed by atoms with E-state index >= 15 is 0 Å². The predicted octanol–water partition coefficient (Wildman–Crippen LogP) is -1.18. The van der Waals surface area contributed by atoms with E-state index in [1.54, 1.807) is 0 Å². The minimum Gasteiger partial charge on any atom is -0.480 e. The Kier molecular flexibility index (Phi) is 23.5. The highest BCUT2D eigenvalue weighted by atomic mass is 16.4. The van der Waals surface area contributed by atoms with Crippen LogP contribution in [0.5, 0.6) is 0 Å². The maximum atomic E-state index is 10.1. The number of carboxylic acid groups (broad SMARTS) is 4. The van der Waals surface area contributed by atoms with Crippen LogP contribution >= 0.6 is 0 Å². The highest BCUT2D eigenvalue weighted by Gasteiger charge is 2.20. The van der Waals surface area contributed by atoms with Crippen molar-refractivity contribution in [1.82, 2.24) is 5.32 Å². The minimum atomic E-state index is -0.968. The molecule has 0 amide bonds. The molecule has 1 heterocycles. The zero-order valence-corrected chi connectivity index (χ0v) is 18.9. The molecule has 13 nitrogen and oxygen atoms in total. The summed E-state index contributed by atoms with van der Waals surface area (Å²) >= 11 is 0. The third kappa shape index (κ3) is 25.7. The van der Waals surface area contributed by atoms with E-state index in [1.165, 1.54) is 0 Å². The van der Waals surface area contributed by atoms with E-state index in [0.717, 1.165) is 32.2 Å². The summed E-state index contributed by atoms with van der Waals surface area (Å²) in [7, 11) is 0. The molecule has 3 atom stereocenters. The summed E-state index contributed by atoms with van der Waals surface area (Å²) in [6.45, 7) is 5.08. The van der Waals surface area contributed by atoms with Crippen LogP contribution in [-0.4, -0.2) is 82.1 Å². The SMILES string of the molecule is CC(C)C[C@H](N)C(=O)O.NCC(=O)O.NCCCC[C@H](N)C(=O)O.O=C(O)[C@@H]1CCCN1. The van der Waals surface area contributed by atoms with Crippen molar-refractivity contribution in [3.05, 3.63) is 0 Å². The molecule has 13 heteroatoms. The number of hydrogen-bond acceptors (Lipinski definition) is 9. The van der Waals surface area contributed by atoms with Crippen molar-refractivity contribution >= 4 is 23.9 Å². The predicted molar refractivity (Wildman–Crippen MR) is 119 cm³/mol. The van der Waals surface area contributed by atoms with Gasteiger partial charge in [-0.05, 0) is 51.1 Å². The van der Waals surface area contributed by atoms with Gasteiger partial charge in [-0.1, -0.05) is 20.3 Å². The minimum absolute atomic E-state index is 0.269. The second-order valence-corrected chi connectivity index (χ2v) is 7.39. The first kappa shape index (κ1) is 34.3. The Hall–Kier alpha value is -2.32. The summed E-state index contributed by atoms with van der Waals surface area (Å²) in [5, 5.41) is 35.4. The van der Waals surface area contributed by atoms with Gasteiger partial charge < -0.3 is 48.7 Å². The molecule has 0 aromatic rings. The van der Waals surface area contributed by atoms with Crippen LogP contribution < -0.4 is 28.3 Å². The molecule has 13 N–H and O–H groups in total. The van der Waals surface area contributed by atoms with Crippen molar-refractivity contribution in [2.24, 2.45) is 28.9 Å². The first-order chi connectivity index (χ1) is 14.8. The van der Waals surface area contributed by atoms with Gasteiger partial charge in [0.1, 0.15) is 18.1 Å². The van der Waals surface area contributed by atoms with E-state index in [2.05, 4.69) is 11.1 Å². The van der Waals surface area contributed by atoms with E-state index in [4.69, 9.17) is 37.6 Å². The second-order valence-electron chi connectivity index (χ2n) is 7.39. The quantitative estimate of drug-likeness (QED) is 0.171. The van der Waals surface area contributed by atoms with Gasteiger partial charge in [0, 0.05) is 0 Å². The normalized spacial score (nSPS) is 16.2. The highest BCUT2D eigenvalue weighted by molar-refractivity contribution is 5.74. The fraction of sp³-hybridized carbons (Fsp3) is 0.789. The molecular weight excluding hydrogens is 426 g/mol.